The van der Waals surface area contributed by atoms with Crippen molar-refractivity contribution in [3.05, 3.63) is 65.2 Å². The van der Waals surface area contributed by atoms with E-state index in [-0.39, 0.29) is 23.9 Å². The van der Waals surface area contributed by atoms with E-state index in [2.05, 4.69) is 4.74 Å². The third-order valence-corrected chi connectivity index (χ3v) is 5.06. The van der Waals surface area contributed by atoms with Crippen LogP contribution in [0.5, 0.6) is 0 Å². The van der Waals surface area contributed by atoms with Crippen LogP contribution in [0.3, 0.4) is 0 Å². The fraction of sp³-hybridized carbons (Fsp3) is 0.286. The van der Waals surface area contributed by atoms with Crippen LogP contribution in [-0.2, 0) is 16.0 Å². The first-order chi connectivity index (χ1) is 13.4. The molecule has 0 aromatic heterocycles. The minimum Gasteiger partial charge on any atom is -0.469 e. The van der Waals surface area contributed by atoms with E-state index in [4.69, 9.17) is 11.1 Å². The maximum absolute atomic E-state index is 12.7. The molecule has 1 heterocycles. The number of benzene rings is 2. The average Bonchev–Trinajstić information content (AvgIpc) is 3.01. The zero-order valence-electron chi connectivity index (χ0n) is 16.0. The third kappa shape index (κ3) is 3.98. The van der Waals surface area contributed by atoms with Gasteiger partial charge in [0, 0.05) is 24.7 Å². The Kier molecular flexibility index (Phi) is 5.63. The molecule has 2 amide bonds. The molecule has 1 unspecified atom stereocenters. The summed E-state index contributed by atoms with van der Waals surface area (Å²) in [6.07, 6.45) is 0.936. The van der Waals surface area contributed by atoms with Crippen molar-refractivity contribution in [3.63, 3.8) is 0 Å². The molecule has 2 aromatic rings. The zero-order valence-corrected chi connectivity index (χ0v) is 16.0. The van der Waals surface area contributed by atoms with Gasteiger partial charge in [0.2, 0.25) is 0 Å². The predicted molar refractivity (Wildman–Crippen MR) is 107 cm³/mol. The Morgan fingerprint density at radius 2 is 1.82 bits per heavy atom. The molecule has 3 N–H and O–H groups in total. The number of rotatable bonds is 6. The van der Waals surface area contributed by atoms with Crippen LogP contribution in [-0.4, -0.2) is 43.4 Å². The Labute approximate surface area is 164 Å². The fourth-order valence-electron chi connectivity index (χ4n) is 3.32. The maximum atomic E-state index is 12.7. The van der Waals surface area contributed by atoms with Crippen molar-refractivity contribution in [3.8, 4) is 0 Å². The molecule has 146 valence electrons. The van der Waals surface area contributed by atoms with Gasteiger partial charge in [0.05, 0.1) is 19.7 Å². The SMILES string of the molecule is COC(=O)CCc1ccc(N2CC(c3ccc(C(=N)N)cc3)N(C)C2=O)cc1. The quantitative estimate of drug-likeness (QED) is 0.457. The molecule has 2 aromatic carbocycles. The Hall–Kier alpha value is -3.35. The summed E-state index contributed by atoms with van der Waals surface area (Å²) in [5.74, 6) is -0.213. The summed E-state index contributed by atoms with van der Waals surface area (Å²) in [5.41, 5.74) is 9.01. The average molecular weight is 380 g/mol. The molecule has 0 aliphatic carbocycles. The number of amides is 2. The van der Waals surface area contributed by atoms with Gasteiger partial charge in [0.25, 0.3) is 0 Å². The number of hydrogen-bond acceptors (Lipinski definition) is 4. The van der Waals surface area contributed by atoms with Crippen molar-refractivity contribution in [2.45, 2.75) is 18.9 Å². The number of hydrogen-bond donors (Lipinski definition) is 2. The lowest BCUT2D eigenvalue weighted by Gasteiger charge is -2.18. The normalized spacial score (nSPS) is 16.4. The number of amidine groups is 1. The lowest BCUT2D eigenvalue weighted by molar-refractivity contribution is -0.140. The summed E-state index contributed by atoms with van der Waals surface area (Å²) in [6.45, 7) is 0.538. The molecular formula is C21H24N4O3. The Balaban J connectivity index is 1.72. The summed E-state index contributed by atoms with van der Waals surface area (Å²) >= 11 is 0. The van der Waals surface area contributed by atoms with E-state index in [1.54, 1.807) is 29.0 Å². The van der Waals surface area contributed by atoms with Crippen LogP contribution in [0.1, 0.15) is 29.2 Å². The van der Waals surface area contributed by atoms with Gasteiger partial charge in [0.15, 0.2) is 0 Å². The van der Waals surface area contributed by atoms with Gasteiger partial charge in [-0.1, -0.05) is 36.4 Å². The number of nitrogens with one attached hydrogen (secondary N) is 1. The Morgan fingerprint density at radius 3 is 2.39 bits per heavy atom. The monoisotopic (exact) mass is 380 g/mol. The number of carbonyl (C=O) groups excluding carboxylic acids is 2. The first-order valence-electron chi connectivity index (χ1n) is 9.05. The lowest BCUT2D eigenvalue weighted by Crippen LogP contribution is -2.29. The van der Waals surface area contributed by atoms with Crippen LogP contribution in [0.25, 0.3) is 0 Å². The van der Waals surface area contributed by atoms with Crippen molar-refractivity contribution >= 4 is 23.5 Å². The molecule has 1 atom stereocenters. The summed E-state index contributed by atoms with van der Waals surface area (Å²) in [5, 5.41) is 7.49. The molecule has 0 saturated carbocycles. The minimum absolute atomic E-state index is 0.0244. The van der Waals surface area contributed by atoms with E-state index >= 15 is 0 Å². The van der Waals surface area contributed by atoms with Gasteiger partial charge in [-0.05, 0) is 29.7 Å². The number of nitrogens with two attached hydrogens (primary N) is 1. The molecule has 7 heteroatoms. The molecule has 0 bridgehead atoms. The summed E-state index contributed by atoms with van der Waals surface area (Å²) in [7, 11) is 3.17. The number of nitrogen functional groups attached to an aromatic ring is 1. The van der Waals surface area contributed by atoms with Crippen molar-refractivity contribution < 1.29 is 14.3 Å². The van der Waals surface area contributed by atoms with Crippen LogP contribution < -0.4 is 10.6 Å². The second-order valence-corrected chi connectivity index (χ2v) is 6.80. The van der Waals surface area contributed by atoms with Gasteiger partial charge in [-0.3, -0.25) is 15.1 Å². The second kappa shape index (κ2) is 8.12. The van der Waals surface area contributed by atoms with Crippen LogP contribution in [0, 0.1) is 5.41 Å². The largest absolute Gasteiger partial charge is 0.469 e. The number of nitrogens with zero attached hydrogens (tertiary/aromatic N) is 2. The third-order valence-electron chi connectivity index (χ3n) is 5.06. The Morgan fingerprint density at radius 1 is 1.18 bits per heavy atom. The number of ether oxygens (including phenoxy) is 1. The number of likely N-dealkylation sites (N-methyl/N-ethyl adjacent to an activating group) is 1. The predicted octanol–water partition coefficient (Wildman–Crippen LogP) is 2.69. The number of carbonyl (C=O) groups is 2. The van der Waals surface area contributed by atoms with Crippen molar-refractivity contribution in [1.82, 2.24) is 4.90 Å². The number of aryl methyl sites for hydroxylation is 1. The van der Waals surface area contributed by atoms with Crippen molar-refractivity contribution in [2.75, 3.05) is 25.6 Å². The molecule has 28 heavy (non-hydrogen) atoms. The van der Waals surface area contributed by atoms with Gasteiger partial charge in [-0.2, -0.15) is 0 Å². The number of esters is 1. The van der Waals surface area contributed by atoms with Gasteiger partial charge in [-0.25, -0.2) is 4.79 Å². The highest BCUT2D eigenvalue weighted by Gasteiger charge is 2.36. The number of anilines is 1. The van der Waals surface area contributed by atoms with E-state index in [0.29, 0.717) is 24.9 Å². The van der Waals surface area contributed by atoms with E-state index < -0.39 is 0 Å². The van der Waals surface area contributed by atoms with Crippen molar-refractivity contribution in [2.24, 2.45) is 5.73 Å². The fourth-order valence-corrected chi connectivity index (χ4v) is 3.32. The summed E-state index contributed by atoms with van der Waals surface area (Å²) < 4.78 is 4.66. The molecular weight excluding hydrogens is 356 g/mol. The topological polar surface area (TPSA) is 99.7 Å². The summed E-state index contributed by atoms with van der Waals surface area (Å²) in [6, 6.07) is 14.9. The van der Waals surface area contributed by atoms with E-state index in [1.807, 2.05) is 36.4 Å². The van der Waals surface area contributed by atoms with E-state index in [0.717, 1.165) is 16.8 Å². The minimum atomic E-state index is -0.237. The molecule has 1 aliphatic heterocycles. The van der Waals surface area contributed by atoms with Crippen LogP contribution in [0.15, 0.2) is 48.5 Å². The first kappa shape index (κ1) is 19.4. The highest BCUT2D eigenvalue weighted by atomic mass is 16.5. The van der Waals surface area contributed by atoms with Crippen molar-refractivity contribution in [1.29, 1.82) is 5.41 Å². The van der Waals surface area contributed by atoms with Crippen LogP contribution in [0.4, 0.5) is 10.5 Å². The smallest absolute Gasteiger partial charge is 0.324 e. The molecule has 0 radical (unpaired) electrons. The first-order valence-corrected chi connectivity index (χ1v) is 9.05. The maximum Gasteiger partial charge on any atom is 0.324 e. The number of methoxy groups -OCH3 is 1. The second-order valence-electron chi connectivity index (χ2n) is 6.80. The molecule has 1 aliphatic rings. The van der Waals surface area contributed by atoms with Gasteiger partial charge in [0.1, 0.15) is 5.84 Å². The zero-order chi connectivity index (χ0) is 20.3. The van der Waals surface area contributed by atoms with Crippen LogP contribution >= 0.6 is 0 Å². The molecule has 1 saturated heterocycles. The molecule has 7 nitrogen and oxygen atoms in total. The van der Waals surface area contributed by atoms with E-state index in [9.17, 15) is 9.59 Å². The summed E-state index contributed by atoms with van der Waals surface area (Å²) in [4.78, 5) is 27.5. The molecule has 1 fully saturated rings. The Bertz CT molecular complexity index is 878. The highest BCUT2D eigenvalue weighted by Crippen LogP contribution is 2.32. The van der Waals surface area contributed by atoms with Gasteiger partial charge >= 0.3 is 12.0 Å². The molecule has 0 spiro atoms. The van der Waals surface area contributed by atoms with Crippen LogP contribution in [0.2, 0.25) is 0 Å². The van der Waals surface area contributed by atoms with E-state index in [1.165, 1.54) is 7.11 Å². The highest BCUT2D eigenvalue weighted by molar-refractivity contribution is 5.95. The standard InChI is InChI=1S/C21H24N4O3/c1-24-18(15-6-8-16(9-7-15)20(22)23)13-25(21(24)27)17-10-3-14(4-11-17)5-12-19(26)28-2/h3-4,6-11,18H,5,12-13H2,1-2H3,(H3,22,23). The molecule has 3 rings (SSSR count). The van der Waals surface area contributed by atoms with Gasteiger partial charge < -0.3 is 15.4 Å². The number of urea groups is 1. The van der Waals surface area contributed by atoms with Gasteiger partial charge in [-0.15, -0.1) is 0 Å². The lowest BCUT2D eigenvalue weighted by atomic mass is 10.0.